The Balaban J connectivity index is 0.000000878. The SMILES string of the molecule is NC(CCCCB(O)O)C1CCN(c2nc3ccc(Cl)cc3o2)CC1.O=C=O. The minimum atomic E-state index is -1.20. The highest BCUT2D eigenvalue weighted by atomic mass is 35.5. The molecule has 3 rings (SSSR count). The molecule has 28 heavy (non-hydrogen) atoms. The first-order valence-corrected chi connectivity index (χ1v) is 9.74. The van der Waals surface area contributed by atoms with Gasteiger partial charge in [0.1, 0.15) is 5.52 Å². The molecule has 4 N–H and O–H groups in total. The Labute approximate surface area is 168 Å². The van der Waals surface area contributed by atoms with Crippen LogP contribution in [-0.2, 0) is 9.59 Å². The maximum atomic E-state index is 8.87. The molecule has 0 spiro atoms. The number of carbonyl (C=O) groups excluding carboxylic acids is 2. The zero-order chi connectivity index (χ0) is 20.5. The molecule has 1 atom stereocenters. The summed E-state index contributed by atoms with van der Waals surface area (Å²) in [5.41, 5.74) is 7.87. The van der Waals surface area contributed by atoms with Crippen LogP contribution in [0.1, 0.15) is 32.1 Å². The van der Waals surface area contributed by atoms with E-state index in [9.17, 15) is 0 Å². The molecule has 0 amide bonds. The Hall–Kier alpha value is -1.90. The summed E-state index contributed by atoms with van der Waals surface area (Å²) in [5.74, 6) is 0.495. The van der Waals surface area contributed by atoms with Crippen molar-refractivity contribution >= 4 is 42.0 Å². The van der Waals surface area contributed by atoms with Crippen LogP contribution in [0.3, 0.4) is 0 Å². The van der Waals surface area contributed by atoms with Crippen LogP contribution < -0.4 is 10.6 Å². The van der Waals surface area contributed by atoms with Crippen LogP contribution in [0.4, 0.5) is 6.01 Å². The highest BCUT2D eigenvalue weighted by molar-refractivity contribution is 6.40. The highest BCUT2D eigenvalue weighted by Crippen LogP contribution is 2.29. The molecular formula is C18H25BClN3O5. The smallest absolute Gasteiger partial charge is 0.427 e. The summed E-state index contributed by atoms with van der Waals surface area (Å²) in [6.07, 6.45) is 5.37. The number of aromatic nitrogens is 1. The Morgan fingerprint density at radius 1 is 1.32 bits per heavy atom. The number of halogens is 1. The van der Waals surface area contributed by atoms with Gasteiger partial charge >= 0.3 is 13.3 Å². The molecule has 1 aromatic carbocycles. The van der Waals surface area contributed by atoms with Crippen LogP contribution in [0.15, 0.2) is 22.6 Å². The average molecular weight is 410 g/mol. The molecular weight excluding hydrogens is 384 g/mol. The van der Waals surface area contributed by atoms with Crippen molar-refractivity contribution in [2.75, 3.05) is 18.0 Å². The van der Waals surface area contributed by atoms with Crippen molar-refractivity contribution in [1.29, 1.82) is 0 Å². The number of hydrogen-bond donors (Lipinski definition) is 3. The van der Waals surface area contributed by atoms with Crippen LogP contribution in [0.2, 0.25) is 11.3 Å². The standard InChI is InChI=1S/C17H25BClN3O3.CO2/c19-13-4-5-15-16(11-13)25-17(21-15)22-9-6-12(7-10-22)14(20)3-1-2-8-18(23)24;2-1-3/h4-5,11-12,14,23-24H,1-3,6-10,20H2;. The monoisotopic (exact) mass is 409 g/mol. The average Bonchev–Trinajstić information content (AvgIpc) is 3.09. The van der Waals surface area contributed by atoms with Crippen molar-refractivity contribution in [2.45, 2.75) is 44.5 Å². The maximum Gasteiger partial charge on any atom is 0.451 e. The number of hydrogen-bond acceptors (Lipinski definition) is 8. The molecule has 1 aliphatic rings. The number of oxazole rings is 1. The molecule has 0 aliphatic carbocycles. The second-order valence-electron chi connectivity index (χ2n) is 6.95. The molecule has 1 aromatic heterocycles. The minimum Gasteiger partial charge on any atom is -0.427 e. The second-order valence-corrected chi connectivity index (χ2v) is 7.38. The first-order chi connectivity index (χ1) is 13.4. The number of benzene rings is 1. The fourth-order valence-corrected chi connectivity index (χ4v) is 3.65. The van der Waals surface area contributed by atoms with Gasteiger partial charge in [-0.2, -0.15) is 14.6 Å². The van der Waals surface area contributed by atoms with E-state index in [1.807, 2.05) is 12.1 Å². The lowest BCUT2D eigenvalue weighted by Gasteiger charge is -2.34. The van der Waals surface area contributed by atoms with E-state index < -0.39 is 7.12 Å². The number of fused-ring (bicyclic) bond motifs is 1. The van der Waals surface area contributed by atoms with E-state index in [1.54, 1.807) is 6.07 Å². The van der Waals surface area contributed by atoms with Gasteiger partial charge in [0.05, 0.1) is 0 Å². The lowest BCUT2D eigenvalue weighted by atomic mass is 9.82. The molecule has 1 fully saturated rings. The second kappa shape index (κ2) is 11.2. The quantitative estimate of drug-likeness (QED) is 0.468. The van der Waals surface area contributed by atoms with E-state index in [1.165, 1.54) is 0 Å². The zero-order valence-corrected chi connectivity index (χ0v) is 16.3. The van der Waals surface area contributed by atoms with Crippen molar-refractivity contribution < 1.29 is 24.1 Å². The largest absolute Gasteiger partial charge is 0.451 e. The summed E-state index contributed by atoms with van der Waals surface area (Å²) < 4.78 is 5.84. The zero-order valence-electron chi connectivity index (χ0n) is 15.6. The molecule has 0 bridgehead atoms. The molecule has 1 aliphatic heterocycles. The van der Waals surface area contributed by atoms with E-state index in [0.29, 0.717) is 28.9 Å². The van der Waals surface area contributed by atoms with Crippen LogP contribution in [0, 0.1) is 5.92 Å². The Morgan fingerprint density at radius 2 is 2.00 bits per heavy atom. The first kappa shape index (κ1) is 22.4. The molecule has 10 heteroatoms. The molecule has 152 valence electrons. The number of nitrogens with zero attached hydrogens (tertiary/aromatic N) is 2. The van der Waals surface area contributed by atoms with E-state index in [-0.39, 0.29) is 12.2 Å². The molecule has 2 aromatic rings. The van der Waals surface area contributed by atoms with Gasteiger partial charge in [-0.25, -0.2) is 0 Å². The normalized spacial score (nSPS) is 15.6. The summed E-state index contributed by atoms with van der Waals surface area (Å²) >= 11 is 5.99. The molecule has 0 radical (unpaired) electrons. The Bertz CT molecular complexity index is 774. The van der Waals surface area contributed by atoms with E-state index in [4.69, 9.17) is 41.4 Å². The summed E-state index contributed by atoms with van der Waals surface area (Å²) in [7, 11) is -1.20. The van der Waals surface area contributed by atoms with Crippen molar-refractivity contribution in [3.05, 3.63) is 23.2 Å². The molecule has 1 saturated heterocycles. The predicted molar refractivity (Wildman–Crippen MR) is 106 cm³/mol. The van der Waals surface area contributed by atoms with Crippen LogP contribution >= 0.6 is 11.6 Å². The topological polar surface area (TPSA) is 130 Å². The van der Waals surface area contributed by atoms with Gasteiger partial charge in [0.2, 0.25) is 0 Å². The van der Waals surface area contributed by atoms with E-state index in [0.717, 1.165) is 50.7 Å². The van der Waals surface area contributed by atoms with Gasteiger partial charge in [-0.05, 0) is 43.6 Å². The van der Waals surface area contributed by atoms with Crippen molar-refractivity contribution in [1.82, 2.24) is 4.98 Å². The van der Waals surface area contributed by atoms with Gasteiger partial charge in [0.15, 0.2) is 5.58 Å². The van der Waals surface area contributed by atoms with Crippen molar-refractivity contribution in [3.63, 3.8) is 0 Å². The third-order valence-electron chi connectivity index (χ3n) is 5.00. The van der Waals surface area contributed by atoms with E-state index in [2.05, 4.69) is 9.88 Å². The summed E-state index contributed by atoms with van der Waals surface area (Å²) in [4.78, 5) is 23.0. The predicted octanol–water partition coefficient (Wildman–Crippen LogP) is 2.08. The lowest BCUT2D eigenvalue weighted by Crippen LogP contribution is -2.41. The minimum absolute atomic E-state index is 0.167. The first-order valence-electron chi connectivity index (χ1n) is 9.36. The van der Waals surface area contributed by atoms with Crippen LogP contribution in [0.25, 0.3) is 11.1 Å². The summed E-state index contributed by atoms with van der Waals surface area (Å²) in [5, 5.41) is 18.4. The van der Waals surface area contributed by atoms with Gasteiger partial charge in [-0.1, -0.05) is 24.4 Å². The van der Waals surface area contributed by atoms with Crippen molar-refractivity contribution in [2.24, 2.45) is 11.7 Å². The van der Waals surface area contributed by atoms with E-state index >= 15 is 0 Å². The van der Waals surface area contributed by atoms with Crippen LogP contribution in [0.5, 0.6) is 0 Å². The van der Waals surface area contributed by atoms with Gasteiger partial charge in [-0.3, -0.25) is 0 Å². The Morgan fingerprint density at radius 3 is 2.64 bits per heavy atom. The summed E-state index contributed by atoms with van der Waals surface area (Å²) in [6, 6.07) is 6.30. The fourth-order valence-electron chi connectivity index (χ4n) is 3.48. The lowest BCUT2D eigenvalue weighted by molar-refractivity contribution is -0.191. The third-order valence-corrected chi connectivity index (χ3v) is 5.24. The number of rotatable bonds is 7. The summed E-state index contributed by atoms with van der Waals surface area (Å²) in [6.45, 7) is 1.77. The number of anilines is 1. The molecule has 0 saturated carbocycles. The van der Waals surface area contributed by atoms with Crippen LogP contribution in [-0.4, -0.2) is 47.4 Å². The number of unbranched alkanes of at least 4 members (excludes halogenated alkanes) is 1. The van der Waals surface area contributed by atoms with Crippen molar-refractivity contribution in [3.8, 4) is 0 Å². The molecule has 8 nitrogen and oxygen atoms in total. The molecule has 1 unspecified atom stereocenters. The number of nitrogens with two attached hydrogens (primary N) is 1. The fraction of sp³-hybridized carbons (Fsp3) is 0.556. The van der Waals surface area contributed by atoms with Gasteiger partial charge in [0, 0.05) is 30.2 Å². The number of piperidine rings is 1. The third kappa shape index (κ3) is 6.62. The highest BCUT2D eigenvalue weighted by Gasteiger charge is 2.26. The molecule has 2 heterocycles. The van der Waals surface area contributed by atoms with Gasteiger partial charge in [-0.15, -0.1) is 0 Å². The van der Waals surface area contributed by atoms with Gasteiger partial charge in [0.25, 0.3) is 6.01 Å². The maximum absolute atomic E-state index is 8.87. The van der Waals surface area contributed by atoms with Gasteiger partial charge < -0.3 is 25.1 Å². The Kier molecular flexibility index (Phi) is 8.95.